The van der Waals surface area contributed by atoms with Crippen LogP contribution in [0.2, 0.25) is 0 Å². The van der Waals surface area contributed by atoms with E-state index in [-0.39, 0.29) is 11.8 Å². The zero-order valence-corrected chi connectivity index (χ0v) is 14.3. The minimum atomic E-state index is -0.0504. The molecule has 3 unspecified atom stereocenters. The quantitative estimate of drug-likeness (QED) is 0.828. The maximum absolute atomic E-state index is 13.2. The number of ether oxygens (including phenoxy) is 2. The van der Waals surface area contributed by atoms with Crippen molar-refractivity contribution in [2.24, 2.45) is 5.92 Å². The summed E-state index contributed by atoms with van der Waals surface area (Å²) in [6.45, 7) is 8.19. The zero-order valence-electron chi connectivity index (χ0n) is 14.3. The summed E-state index contributed by atoms with van der Waals surface area (Å²) in [5.41, 5.74) is 1.05. The monoisotopic (exact) mass is 330 g/mol. The van der Waals surface area contributed by atoms with Crippen LogP contribution in [0.15, 0.2) is 24.3 Å². The Morgan fingerprint density at radius 1 is 1.12 bits per heavy atom. The van der Waals surface area contributed by atoms with Gasteiger partial charge in [0.25, 0.3) is 0 Å². The molecule has 1 amide bonds. The van der Waals surface area contributed by atoms with Gasteiger partial charge in [0.15, 0.2) is 0 Å². The molecule has 3 atom stereocenters. The summed E-state index contributed by atoms with van der Waals surface area (Å²) in [7, 11) is 0. The summed E-state index contributed by atoms with van der Waals surface area (Å²) >= 11 is 0. The lowest BCUT2D eigenvalue weighted by molar-refractivity contribution is -0.132. The number of carbonyl (C=O) groups is 1. The summed E-state index contributed by atoms with van der Waals surface area (Å²) in [4.78, 5) is 17.7. The van der Waals surface area contributed by atoms with E-state index in [9.17, 15) is 4.79 Å². The highest BCUT2D eigenvalue weighted by molar-refractivity contribution is 5.85. The number of carbonyl (C=O) groups excluding carboxylic acids is 1. The molecule has 4 rings (SSSR count). The number of hydrogen-bond acceptors (Lipinski definition) is 4. The van der Waals surface area contributed by atoms with E-state index >= 15 is 0 Å². The molecule has 1 aromatic carbocycles. The molecule has 3 heterocycles. The summed E-state index contributed by atoms with van der Waals surface area (Å²) in [6, 6.07) is 8.44. The van der Waals surface area contributed by atoms with E-state index in [2.05, 4.69) is 16.7 Å². The van der Waals surface area contributed by atoms with E-state index in [4.69, 9.17) is 9.47 Å². The molecule has 0 aliphatic carbocycles. The summed E-state index contributed by atoms with van der Waals surface area (Å²) < 4.78 is 11.2. The minimum Gasteiger partial charge on any atom is -0.493 e. The smallest absolute Gasteiger partial charge is 0.230 e. The van der Waals surface area contributed by atoms with Gasteiger partial charge >= 0.3 is 0 Å². The first-order valence-corrected chi connectivity index (χ1v) is 9.06. The molecule has 24 heavy (non-hydrogen) atoms. The van der Waals surface area contributed by atoms with E-state index in [1.165, 1.54) is 0 Å². The average Bonchev–Trinajstić information content (AvgIpc) is 3.03. The molecular weight excluding hydrogens is 304 g/mol. The molecule has 0 bridgehead atoms. The second-order valence-electron chi connectivity index (χ2n) is 7.16. The Hall–Kier alpha value is -1.59. The van der Waals surface area contributed by atoms with Gasteiger partial charge in [0.2, 0.25) is 5.91 Å². The van der Waals surface area contributed by atoms with Crippen molar-refractivity contribution in [1.82, 2.24) is 9.80 Å². The van der Waals surface area contributed by atoms with Crippen molar-refractivity contribution in [2.45, 2.75) is 25.3 Å². The Morgan fingerprint density at radius 2 is 1.92 bits per heavy atom. The number of nitrogens with zero attached hydrogens (tertiary/aromatic N) is 2. The maximum atomic E-state index is 13.2. The van der Waals surface area contributed by atoms with Crippen molar-refractivity contribution in [3.63, 3.8) is 0 Å². The molecule has 5 heteroatoms. The molecule has 1 aromatic rings. The summed E-state index contributed by atoms with van der Waals surface area (Å²) in [6.07, 6.45) is 0.781. The van der Waals surface area contributed by atoms with Gasteiger partial charge in [0.1, 0.15) is 5.75 Å². The van der Waals surface area contributed by atoms with Crippen LogP contribution in [-0.4, -0.2) is 67.7 Å². The first-order valence-electron chi connectivity index (χ1n) is 9.06. The Balaban J connectivity index is 1.48. The number of rotatable bonds is 2. The normalized spacial score (nSPS) is 30.7. The molecule has 3 aliphatic rings. The molecular formula is C19H26N2O3. The van der Waals surface area contributed by atoms with Crippen molar-refractivity contribution >= 4 is 5.91 Å². The van der Waals surface area contributed by atoms with Crippen molar-refractivity contribution in [2.75, 3.05) is 46.0 Å². The first kappa shape index (κ1) is 15.9. The number of fused-ring (bicyclic) bond motifs is 1. The molecule has 2 saturated heterocycles. The molecule has 2 fully saturated rings. The second kappa shape index (κ2) is 6.73. The van der Waals surface area contributed by atoms with Crippen LogP contribution in [0.3, 0.4) is 0 Å². The van der Waals surface area contributed by atoms with Crippen LogP contribution in [0, 0.1) is 5.92 Å². The third-order valence-corrected chi connectivity index (χ3v) is 5.66. The van der Waals surface area contributed by atoms with Crippen LogP contribution >= 0.6 is 0 Å². The fourth-order valence-electron chi connectivity index (χ4n) is 4.33. The van der Waals surface area contributed by atoms with Gasteiger partial charge in [-0.15, -0.1) is 0 Å². The van der Waals surface area contributed by atoms with Crippen LogP contribution in [0.5, 0.6) is 5.75 Å². The van der Waals surface area contributed by atoms with E-state index < -0.39 is 0 Å². The van der Waals surface area contributed by atoms with Crippen LogP contribution in [-0.2, 0) is 9.53 Å². The topological polar surface area (TPSA) is 42.0 Å². The standard InChI is InChI=1S/C19H26N2O3/c1-14-12-21(13-17(14)20-7-10-23-11-8-20)19(22)16-6-9-24-18-5-3-2-4-15(16)18/h2-5,14,16-17H,6-13H2,1H3. The van der Waals surface area contributed by atoms with E-state index in [1.54, 1.807) is 0 Å². The molecule has 3 aliphatic heterocycles. The highest BCUT2D eigenvalue weighted by Crippen LogP contribution is 2.36. The average molecular weight is 330 g/mol. The van der Waals surface area contributed by atoms with Crippen LogP contribution in [0.4, 0.5) is 0 Å². The molecule has 0 N–H and O–H groups in total. The van der Waals surface area contributed by atoms with Crippen molar-refractivity contribution in [3.8, 4) is 5.75 Å². The van der Waals surface area contributed by atoms with Gasteiger partial charge in [-0.2, -0.15) is 0 Å². The molecule has 0 radical (unpaired) electrons. The number of benzene rings is 1. The van der Waals surface area contributed by atoms with Crippen LogP contribution < -0.4 is 4.74 Å². The fourth-order valence-corrected chi connectivity index (χ4v) is 4.33. The molecule has 0 spiro atoms. The van der Waals surface area contributed by atoms with Crippen LogP contribution in [0.1, 0.15) is 24.8 Å². The summed E-state index contributed by atoms with van der Waals surface area (Å²) in [5, 5.41) is 0. The third-order valence-electron chi connectivity index (χ3n) is 5.66. The number of amides is 1. The molecule has 0 aromatic heterocycles. The van der Waals surface area contributed by atoms with Crippen molar-refractivity contribution in [1.29, 1.82) is 0 Å². The number of likely N-dealkylation sites (tertiary alicyclic amines) is 1. The zero-order chi connectivity index (χ0) is 16.5. The lowest BCUT2D eigenvalue weighted by Gasteiger charge is -2.34. The Labute approximate surface area is 143 Å². The molecule has 130 valence electrons. The lowest BCUT2D eigenvalue weighted by atomic mass is 9.92. The number of morpholine rings is 1. The second-order valence-corrected chi connectivity index (χ2v) is 7.16. The molecule has 5 nitrogen and oxygen atoms in total. The van der Waals surface area contributed by atoms with Gasteiger partial charge in [-0.1, -0.05) is 25.1 Å². The SMILES string of the molecule is CC1CN(C(=O)C2CCOc3ccccc32)CC1N1CCOCC1. The van der Waals surface area contributed by atoms with Crippen molar-refractivity contribution < 1.29 is 14.3 Å². The fraction of sp³-hybridized carbons (Fsp3) is 0.632. The minimum absolute atomic E-state index is 0.0504. The maximum Gasteiger partial charge on any atom is 0.230 e. The largest absolute Gasteiger partial charge is 0.493 e. The Morgan fingerprint density at radius 3 is 2.75 bits per heavy atom. The van der Waals surface area contributed by atoms with Gasteiger partial charge in [-0.25, -0.2) is 0 Å². The van der Waals surface area contributed by atoms with E-state index in [0.29, 0.717) is 18.6 Å². The highest BCUT2D eigenvalue weighted by atomic mass is 16.5. The van der Waals surface area contributed by atoms with Crippen LogP contribution in [0.25, 0.3) is 0 Å². The predicted molar refractivity (Wildman–Crippen MR) is 91.2 cm³/mol. The predicted octanol–water partition coefficient (Wildman–Crippen LogP) is 1.73. The van der Waals surface area contributed by atoms with E-state index in [1.807, 2.05) is 24.3 Å². The lowest BCUT2D eigenvalue weighted by Crippen LogP contribution is -2.47. The van der Waals surface area contributed by atoms with E-state index in [0.717, 1.165) is 57.1 Å². The van der Waals surface area contributed by atoms with Gasteiger partial charge < -0.3 is 14.4 Å². The number of hydrogen-bond donors (Lipinski definition) is 0. The Kier molecular flexibility index (Phi) is 4.46. The number of para-hydroxylation sites is 1. The first-order chi connectivity index (χ1) is 11.7. The third kappa shape index (κ3) is 2.91. The summed E-state index contributed by atoms with van der Waals surface area (Å²) in [5.74, 6) is 1.61. The molecule has 0 saturated carbocycles. The van der Waals surface area contributed by atoms with Gasteiger partial charge in [-0.3, -0.25) is 9.69 Å². The van der Waals surface area contributed by atoms with Crippen molar-refractivity contribution in [3.05, 3.63) is 29.8 Å². The van der Waals surface area contributed by atoms with Gasteiger partial charge in [-0.05, 0) is 18.4 Å². The Bertz CT molecular complexity index is 600. The highest BCUT2D eigenvalue weighted by Gasteiger charge is 2.39. The van der Waals surface area contributed by atoms with Gasteiger partial charge in [0, 0.05) is 37.8 Å². The van der Waals surface area contributed by atoms with Gasteiger partial charge in [0.05, 0.1) is 25.7 Å².